The number of nitrogens with zero attached hydrogens (tertiary/aromatic N) is 1. The van der Waals surface area contributed by atoms with E-state index in [-0.39, 0.29) is 11.7 Å². The summed E-state index contributed by atoms with van der Waals surface area (Å²) in [5.41, 5.74) is 2.02. The Balaban J connectivity index is 2.29. The molecule has 3 heteroatoms. The van der Waals surface area contributed by atoms with Crippen LogP contribution in [0, 0.1) is 5.92 Å². The highest BCUT2D eigenvalue weighted by molar-refractivity contribution is 5.97. The number of Topliss-reactive ketones (excluding diaryl/α,β-unsaturated/α-hetero) is 1. The molecule has 0 aromatic heterocycles. The van der Waals surface area contributed by atoms with Crippen LogP contribution in [0.1, 0.15) is 48.5 Å². The fourth-order valence-electron chi connectivity index (χ4n) is 2.86. The predicted octanol–water partition coefficient (Wildman–Crippen LogP) is 3.34. The summed E-state index contributed by atoms with van der Waals surface area (Å²) in [7, 11) is 3.86. The maximum absolute atomic E-state index is 12.2. The summed E-state index contributed by atoms with van der Waals surface area (Å²) < 4.78 is 5.50. The van der Waals surface area contributed by atoms with Crippen LogP contribution in [0.3, 0.4) is 0 Å². The lowest BCUT2D eigenvalue weighted by molar-refractivity contribution is 0.0939. The second-order valence-corrected chi connectivity index (χ2v) is 6.05. The van der Waals surface area contributed by atoms with Gasteiger partial charge in [0.15, 0.2) is 5.78 Å². The van der Waals surface area contributed by atoms with Gasteiger partial charge in [-0.3, -0.25) is 4.79 Å². The second-order valence-electron chi connectivity index (χ2n) is 6.05. The number of likely N-dealkylation sites (tertiary alicyclic amines) is 1. The van der Waals surface area contributed by atoms with Gasteiger partial charge in [0.05, 0.1) is 7.11 Å². The molecular weight excluding hydrogens is 250 g/mol. The van der Waals surface area contributed by atoms with Crippen LogP contribution < -0.4 is 4.74 Å². The summed E-state index contributed by atoms with van der Waals surface area (Å²) >= 11 is 0. The van der Waals surface area contributed by atoms with Gasteiger partial charge in [0.2, 0.25) is 0 Å². The number of rotatable bonds is 4. The first kappa shape index (κ1) is 15.0. The Morgan fingerprint density at radius 2 is 1.95 bits per heavy atom. The quantitative estimate of drug-likeness (QED) is 0.789. The van der Waals surface area contributed by atoms with E-state index in [0.29, 0.717) is 5.92 Å². The van der Waals surface area contributed by atoms with E-state index in [1.54, 1.807) is 7.11 Å². The molecular formula is C17H25NO2. The fraction of sp³-hybridized carbons (Fsp3) is 0.588. The molecule has 1 fully saturated rings. The third kappa shape index (κ3) is 3.21. The van der Waals surface area contributed by atoms with Crippen molar-refractivity contribution in [1.82, 2.24) is 4.90 Å². The van der Waals surface area contributed by atoms with Gasteiger partial charge < -0.3 is 9.64 Å². The van der Waals surface area contributed by atoms with Gasteiger partial charge in [-0.1, -0.05) is 13.8 Å². The number of carbonyl (C=O) groups excluding carboxylic acids is 1. The number of ether oxygens (including phenoxy) is 1. The first-order valence-electron chi connectivity index (χ1n) is 7.43. The highest BCUT2D eigenvalue weighted by atomic mass is 16.5. The molecule has 0 atom stereocenters. The molecule has 2 rings (SSSR count). The summed E-state index contributed by atoms with van der Waals surface area (Å²) in [6.45, 7) is 6.11. The monoisotopic (exact) mass is 275 g/mol. The molecule has 1 aromatic carbocycles. The molecule has 1 aromatic rings. The van der Waals surface area contributed by atoms with E-state index in [9.17, 15) is 4.79 Å². The number of methoxy groups -OCH3 is 1. The van der Waals surface area contributed by atoms with E-state index in [4.69, 9.17) is 4.74 Å². The molecule has 0 radical (unpaired) electrons. The Kier molecular flexibility index (Phi) is 4.81. The van der Waals surface area contributed by atoms with E-state index >= 15 is 0 Å². The molecule has 110 valence electrons. The lowest BCUT2D eigenvalue weighted by atomic mass is 9.87. The van der Waals surface area contributed by atoms with E-state index in [1.807, 2.05) is 26.0 Å². The highest BCUT2D eigenvalue weighted by Crippen LogP contribution is 2.35. The SMILES string of the molecule is COc1ccc(C(=O)C(C)C)cc1C1CCN(C)CC1. The van der Waals surface area contributed by atoms with Gasteiger partial charge >= 0.3 is 0 Å². The first-order chi connectivity index (χ1) is 9.52. The summed E-state index contributed by atoms with van der Waals surface area (Å²) in [5, 5.41) is 0. The zero-order chi connectivity index (χ0) is 14.7. The zero-order valence-corrected chi connectivity index (χ0v) is 13.0. The van der Waals surface area contributed by atoms with Crippen molar-refractivity contribution >= 4 is 5.78 Å². The molecule has 0 saturated carbocycles. The Hall–Kier alpha value is -1.35. The molecule has 0 bridgehead atoms. The predicted molar refractivity (Wildman–Crippen MR) is 81.6 cm³/mol. The summed E-state index contributed by atoms with van der Waals surface area (Å²) in [5.74, 6) is 1.66. The third-order valence-corrected chi connectivity index (χ3v) is 4.20. The number of hydrogen-bond acceptors (Lipinski definition) is 3. The number of carbonyl (C=O) groups is 1. The van der Waals surface area contributed by atoms with Gasteiger partial charge in [0.25, 0.3) is 0 Å². The molecule has 1 aliphatic rings. The number of hydrogen-bond donors (Lipinski definition) is 0. The minimum atomic E-state index is 0.0359. The molecule has 0 N–H and O–H groups in total. The highest BCUT2D eigenvalue weighted by Gasteiger charge is 2.23. The molecule has 1 aliphatic heterocycles. The van der Waals surface area contributed by atoms with Crippen LogP contribution in [0.15, 0.2) is 18.2 Å². The van der Waals surface area contributed by atoms with Crippen LogP contribution in [0.2, 0.25) is 0 Å². The topological polar surface area (TPSA) is 29.5 Å². The first-order valence-corrected chi connectivity index (χ1v) is 7.43. The lowest BCUT2D eigenvalue weighted by Gasteiger charge is -2.30. The molecule has 1 saturated heterocycles. The Morgan fingerprint density at radius 1 is 1.30 bits per heavy atom. The van der Waals surface area contributed by atoms with Crippen LogP contribution in [0.4, 0.5) is 0 Å². The van der Waals surface area contributed by atoms with Gasteiger partial charge in [-0.05, 0) is 62.7 Å². The van der Waals surface area contributed by atoms with Crippen LogP contribution >= 0.6 is 0 Å². The molecule has 1 heterocycles. The van der Waals surface area contributed by atoms with Gasteiger partial charge in [-0.15, -0.1) is 0 Å². The number of ketones is 1. The molecule has 3 nitrogen and oxygen atoms in total. The molecule has 0 spiro atoms. The Bertz CT molecular complexity index is 474. The summed E-state index contributed by atoms with van der Waals surface area (Å²) in [4.78, 5) is 14.5. The third-order valence-electron chi connectivity index (χ3n) is 4.20. The van der Waals surface area contributed by atoms with E-state index in [0.717, 1.165) is 37.2 Å². The van der Waals surface area contributed by atoms with Gasteiger partial charge in [-0.25, -0.2) is 0 Å². The van der Waals surface area contributed by atoms with E-state index < -0.39 is 0 Å². The van der Waals surface area contributed by atoms with Crippen LogP contribution in [0.25, 0.3) is 0 Å². The fourth-order valence-corrected chi connectivity index (χ4v) is 2.86. The summed E-state index contributed by atoms with van der Waals surface area (Å²) in [6.07, 6.45) is 2.26. The van der Waals surface area contributed by atoms with Crippen molar-refractivity contribution in [3.8, 4) is 5.75 Å². The van der Waals surface area contributed by atoms with Crippen LogP contribution in [0.5, 0.6) is 5.75 Å². The normalized spacial score (nSPS) is 17.4. The Labute approximate surface area is 121 Å². The molecule has 0 amide bonds. The molecule has 20 heavy (non-hydrogen) atoms. The molecule has 0 unspecified atom stereocenters. The van der Waals surface area contributed by atoms with Crippen molar-refractivity contribution in [3.05, 3.63) is 29.3 Å². The lowest BCUT2D eigenvalue weighted by Crippen LogP contribution is -2.29. The van der Waals surface area contributed by atoms with Gasteiger partial charge in [0, 0.05) is 11.5 Å². The smallest absolute Gasteiger partial charge is 0.165 e. The van der Waals surface area contributed by atoms with Gasteiger partial charge in [0.1, 0.15) is 5.75 Å². The molecule has 0 aliphatic carbocycles. The zero-order valence-electron chi connectivity index (χ0n) is 13.0. The van der Waals surface area contributed by atoms with Crippen molar-refractivity contribution in [1.29, 1.82) is 0 Å². The van der Waals surface area contributed by atoms with Crippen molar-refractivity contribution in [2.24, 2.45) is 5.92 Å². The van der Waals surface area contributed by atoms with Crippen molar-refractivity contribution in [2.75, 3.05) is 27.2 Å². The van der Waals surface area contributed by atoms with E-state index in [1.165, 1.54) is 5.56 Å². The average Bonchev–Trinajstić information content (AvgIpc) is 2.46. The van der Waals surface area contributed by atoms with Crippen molar-refractivity contribution in [3.63, 3.8) is 0 Å². The maximum atomic E-state index is 12.2. The number of piperidine rings is 1. The Morgan fingerprint density at radius 3 is 2.50 bits per heavy atom. The largest absolute Gasteiger partial charge is 0.496 e. The number of benzene rings is 1. The second kappa shape index (κ2) is 6.40. The average molecular weight is 275 g/mol. The maximum Gasteiger partial charge on any atom is 0.165 e. The standard InChI is InChI=1S/C17H25NO2/c1-12(2)17(19)14-5-6-16(20-4)15(11-14)13-7-9-18(3)10-8-13/h5-6,11-13H,7-10H2,1-4H3. The van der Waals surface area contributed by atoms with Crippen LogP contribution in [-0.2, 0) is 0 Å². The minimum Gasteiger partial charge on any atom is -0.496 e. The van der Waals surface area contributed by atoms with Crippen LogP contribution in [-0.4, -0.2) is 37.9 Å². The van der Waals surface area contributed by atoms with Crippen molar-refractivity contribution in [2.45, 2.75) is 32.6 Å². The van der Waals surface area contributed by atoms with E-state index in [2.05, 4.69) is 18.0 Å². The van der Waals surface area contributed by atoms with Crippen molar-refractivity contribution < 1.29 is 9.53 Å². The van der Waals surface area contributed by atoms with Gasteiger partial charge in [-0.2, -0.15) is 0 Å². The minimum absolute atomic E-state index is 0.0359. The summed E-state index contributed by atoms with van der Waals surface area (Å²) in [6, 6.07) is 5.89.